The quantitative estimate of drug-likeness (QED) is 0.710. The molecule has 0 radical (unpaired) electrons. The second-order valence-corrected chi connectivity index (χ2v) is 5.23. The Hall–Kier alpha value is -3.17. The molecule has 1 N–H and O–H groups in total. The first-order chi connectivity index (χ1) is 12.2. The molecule has 10 nitrogen and oxygen atoms in total. The number of carbonyl (C=O) groups is 2. The lowest BCUT2D eigenvalue weighted by molar-refractivity contribution is -0.144. The highest BCUT2D eigenvalue weighted by atomic mass is 16.7. The standard InChI is InChI=1S/C15H17N5O5/c1-2-5-20-13(17-18-19-20)8-23-14(21)7-16-15(22)10-3-4-11-12(6-10)25-9-24-11/h3-4,6H,2,5,7-9H2,1H3,(H,16,22). The molecule has 0 bridgehead atoms. The minimum Gasteiger partial charge on any atom is -0.456 e. The molecular formula is C15H17N5O5. The summed E-state index contributed by atoms with van der Waals surface area (Å²) in [6.45, 7) is 2.45. The molecule has 0 atom stereocenters. The second kappa shape index (κ2) is 7.60. The zero-order valence-corrected chi connectivity index (χ0v) is 13.6. The Bertz CT molecular complexity index is 775. The lowest BCUT2D eigenvalue weighted by Gasteiger charge is -2.07. The van der Waals surface area contributed by atoms with E-state index in [0.29, 0.717) is 29.4 Å². The van der Waals surface area contributed by atoms with E-state index in [2.05, 4.69) is 20.8 Å². The number of fused-ring (bicyclic) bond motifs is 1. The minimum absolute atomic E-state index is 0.0499. The van der Waals surface area contributed by atoms with Gasteiger partial charge in [-0.2, -0.15) is 0 Å². The summed E-state index contributed by atoms with van der Waals surface area (Å²) in [4.78, 5) is 23.8. The van der Waals surface area contributed by atoms with Gasteiger partial charge in [0.2, 0.25) is 6.79 Å². The normalized spacial score (nSPS) is 12.0. The molecule has 0 unspecified atom stereocenters. The van der Waals surface area contributed by atoms with Crippen LogP contribution in [0.2, 0.25) is 0 Å². The van der Waals surface area contributed by atoms with Crippen LogP contribution in [0, 0.1) is 0 Å². The molecule has 2 heterocycles. The van der Waals surface area contributed by atoms with Crippen LogP contribution in [0.25, 0.3) is 0 Å². The number of amides is 1. The molecule has 1 aromatic carbocycles. The number of hydrogen-bond acceptors (Lipinski definition) is 8. The summed E-state index contributed by atoms with van der Waals surface area (Å²) in [6.07, 6.45) is 0.859. The van der Waals surface area contributed by atoms with E-state index in [1.807, 2.05) is 6.92 Å². The summed E-state index contributed by atoms with van der Waals surface area (Å²) in [5.74, 6) is 0.544. The third kappa shape index (κ3) is 4.03. The first kappa shape index (κ1) is 16.7. The zero-order chi connectivity index (χ0) is 17.6. The molecule has 10 heteroatoms. The van der Waals surface area contributed by atoms with Gasteiger partial charge in [-0.3, -0.25) is 9.59 Å². The molecule has 2 aromatic rings. The predicted octanol–water partition coefficient (Wildman–Crippen LogP) is 0.285. The highest BCUT2D eigenvalue weighted by molar-refractivity contribution is 5.96. The Balaban J connectivity index is 1.47. The number of benzene rings is 1. The molecule has 0 aliphatic carbocycles. The van der Waals surface area contributed by atoms with E-state index in [1.165, 1.54) is 0 Å². The fourth-order valence-electron chi connectivity index (χ4n) is 2.20. The van der Waals surface area contributed by atoms with Gasteiger partial charge in [0, 0.05) is 12.1 Å². The van der Waals surface area contributed by atoms with Gasteiger partial charge in [0.25, 0.3) is 5.91 Å². The van der Waals surface area contributed by atoms with Crippen LogP contribution in [0.3, 0.4) is 0 Å². The maximum absolute atomic E-state index is 12.1. The molecule has 0 spiro atoms. The van der Waals surface area contributed by atoms with Crippen molar-refractivity contribution in [2.24, 2.45) is 0 Å². The number of aryl methyl sites for hydroxylation is 1. The van der Waals surface area contributed by atoms with E-state index in [0.717, 1.165) is 6.42 Å². The van der Waals surface area contributed by atoms with Gasteiger partial charge in [-0.1, -0.05) is 6.92 Å². The summed E-state index contributed by atoms with van der Waals surface area (Å²) < 4.78 is 17.0. The first-order valence-electron chi connectivity index (χ1n) is 7.76. The topological polar surface area (TPSA) is 117 Å². The fraction of sp³-hybridized carbons (Fsp3) is 0.400. The highest BCUT2D eigenvalue weighted by Crippen LogP contribution is 2.32. The fourth-order valence-corrected chi connectivity index (χ4v) is 2.20. The number of esters is 1. The Kier molecular flexibility index (Phi) is 5.07. The van der Waals surface area contributed by atoms with Crippen LogP contribution < -0.4 is 14.8 Å². The molecule has 1 aliphatic heterocycles. The third-order valence-corrected chi connectivity index (χ3v) is 3.43. The van der Waals surface area contributed by atoms with Gasteiger partial charge in [0.15, 0.2) is 23.9 Å². The van der Waals surface area contributed by atoms with Crippen LogP contribution in [0.4, 0.5) is 0 Å². The van der Waals surface area contributed by atoms with Crippen LogP contribution in [0.15, 0.2) is 18.2 Å². The van der Waals surface area contributed by atoms with Gasteiger partial charge < -0.3 is 19.5 Å². The van der Waals surface area contributed by atoms with Crippen LogP contribution >= 0.6 is 0 Å². The molecule has 25 heavy (non-hydrogen) atoms. The number of hydrogen-bond donors (Lipinski definition) is 1. The summed E-state index contributed by atoms with van der Waals surface area (Å²) in [5.41, 5.74) is 0.365. The van der Waals surface area contributed by atoms with E-state index >= 15 is 0 Å². The maximum atomic E-state index is 12.1. The van der Waals surface area contributed by atoms with Gasteiger partial charge in [-0.25, -0.2) is 4.68 Å². The van der Waals surface area contributed by atoms with Gasteiger partial charge >= 0.3 is 5.97 Å². The summed E-state index contributed by atoms with van der Waals surface area (Å²) in [6, 6.07) is 4.79. The van der Waals surface area contributed by atoms with E-state index < -0.39 is 11.9 Å². The molecule has 1 aromatic heterocycles. The van der Waals surface area contributed by atoms with E-state index in [1.54, 1.807) is 22.9 Å². The summed E-state index contributed by atoms with van der Waals surface area (Å²) >= 11 is 0. The predicted molar refractivity (Wildman–Crippen MR) is 82.8 cm³/mol. The lowest BCUT2D eigenvalue weighted by Crippen LogP contribution is -2.30. The number of ether oxygens (including phenoxy) is 3. The average Bonchev–Trinajstić information content (AvgIpc) is 3.26. The van der Waals surface area contributed by atoms with Crippen LogP contribution in [-0.2, 0) is 22.7 Å². The number of nitrogens with zero attached hydrogens (tertiary/aromatic N) is 4. The minimum atomic E-state index is -0.583. The number of nitrogens with one attached hydrogen (secondary N) is 1. The smallest absolute Gasteiger partial charge is 0.325 e. The molecule has 0 saturated carbocycles. The van der Waals surface area contributed by atoms with Gasteiger partial charge in [-0.05, 0) is 35.0 Å². The zero-order valence-electron chi connectivity index (χ0n) is 13.6. The van der Waals surface area contributed by atoms with Crippen molar-refractivity contribution in [2.45, 2.75) is 26.5 Å². The molecular weight excluding hydrogens is 330 g/mol. The molecule has 1 amide bonds. The van der Waals surface area contributed by atoms with E-state index in [-0.39, 0.29) is 19.9 Å². The van der Waals surface area contributed by atoms with E-state index in [9.17, 15) is 9.59 Å². The first-order valence-corrected chi connectivity index (χ1v) is 7.76. The Morgan fingerprint density at radius 1 is 1.32 bits per heavy atom. The number of tetrazole rings is 1. The van der Waals surface area contributed by atoms with Crippen LogP contribution in [0.5, 0.6) is 11.5 Å². The van der Waals surface area contributed by atoms with Crippen molar-refractivity contribution in [1.29, 1.82) is 0 Å². The van der Waals surface area contributed by atoms with Crippen LogP contribution in [-0.4, -0.2) is 45.4 Å². The summed E-state index contributed by atoms with van der Waals surface area (Å²) in [5, 5.41) is 13.6. The van der Waals surface area contributed by atoms with E-state index in [4.69, 9.17) is 14.2 Å². The van der Waals surface area contributed by atoms with Crippen molar-refractivity contribution in [3.05, 3.63) is 29.6 Å². The molecule has 0 fully saturated rings. The third-order valence-electron chi connectivity index (χ3n) is 3.43. The summed E-state index contributed by atoms with van der Waals surface area (Å²) in [7, 11) is 0. The Morgan fingerprint density at radius 3 is 3.00 bits per heavy atom. The van der Waals surface area contributed by atoms with Crippen molar-refractivity contribution < 1.29 is 23.8 Å². The molecule has 3 rings (SSSR count). The lowest BCUT2D eigenvalue weighted by atomic mass is 10.2. The number of rotatable bonds is 7. The largest absolute Gasteiger partial charge is 0.456 e. The van der Waals surface area contributed by atoms with Crippen molar-refractivity contribution in [2.75, 3.05) is 13.3 Å². The molecule has 0 saturated heterocycles. The Labute approximate surface area is 143 Å². The van der Waals surface area contributed by atoms with Crippen molar-refractivity contribution >= 4 is 11.9 Å². The second-order valence-electron chi connectivity index (χ2n) is 5.23. The molecule has 1 aliphatic rings. The van der Waals surface area contributed by atoms with Crippen molar-refractivity contribution in [1.82, 2.24) is 25.5 Å². The average molecular weight is 347 g/mol. The SMILES string of the molecule is CCCn1nnnc1COC(=O)CNC(=O)c1ccc2c(c1)OCO2. The highest BCUT2D eigenvalue weighted by Gasteiger charge is 2.17. The number of aromatic nitrogens is 4. The monoisotopic (exact) mass is 347 g/mol. The molecule has 132 valence electrons. The van der Waals surface area contributed by atoms with Crippen molar-refractivity contribution in [3.63, 3.8) is 0 Å². The Morgan fingerprint density at radius 2 is 2.16 bits per heavy atom. The van der Waals surface area contributed by atoms with Gasteiger partial charge in [0.05, 0.1) is 0 Å². The maximum Gasteiger partial charge on any atom is 0.325 e. The van der Waals surface area contributed by atoms with Gasteiger partial charge in [-0.15, -0.1) is 5.10 Å². The number of carbonyl (C=O) groups excluding carboxylic acids is 2. The van der Waals surface area contributed by atoms with Crippen molar-refractivity contribution in [3.8, 4) is 11.5 Å². The van der Waals surface area contributed by atoms with Crippen LogP contribution in [0.1, 0.15) is 29.5 Å². The van der Waals surface area contributed by atoms with Gasteiger partial charge in [0.1, 0.15) is 6.54 Å².